The number of rotatable bonds is 7. The van der Waals surface area contributed by atoms with Crippen molar-refractivity contribution in [3.05, 3.63) is 44.8 Å². The van der Waals surface area contributed by atoms with Crippen LogP contribution in [0.4, 0.5) is 0 Å². The van der Waals surface area contributed by atoms with Crippen LogP contribution < -0.4 is 0 Å². The number of carbonyl (C=O) groups is 2. The van der Waals surface area contributed by atoms with E-state index in [1.54, 1.807) is 24.3 Å². The maximum Gasteiger partial charge on any atom is 0.349 e. The van der Waals surface area contributed by atoms with E-state index in [0.717, 1.165) is 19.3 Å². The number of aliphatic hydroxyl groups is 1. The molecule has 0 aliphatic heterocycles. The number of likely N-dealkylation sites (N-methyl/N-ethyl adjacent to an activating group) is 1. The molecule has 2 bridgehead atoms. The molecule has 2 N–H and O–H groups in total. The Balaban J connectivity index is 1.54. The number of carboxylic acid groups (broad SMARTS) is 1. The quantitative estimate of drug-likeness (QED) is 0.669. The third-order valence-electron chi connectivity index (χ3n) is 6.01. The number of hydrogen-bond acceptors (Lipinski definition) is 7. The maximum absolute atomic E-state index is 13.2. The van der Waals surface area contributed by atoms with Crippen molar-refractivity contribution in [2.24, 2.45) is 11.8 Å². The minimum Gasteiger partial charge on any atom is -0.480 e. The van der Waals surface area contributed by atoms with Crippen molar-refractivity contribution in [1.82, 2.24) is 4.90 Å². The Bertz CT molecular complexity index is 801. The van der Waals surface area contributed by atoms with Crippen molar-refractivity contribution < 1.29 is 24.5 Å². The molecule has 2 saturated carbocycles. The normalized spacial score (nSPS) is 26.7. The molecule has 6 nitrogen and oxygen atoms in total. The Labute approximate surface area is 171 Å². The van der Waals surface area contributed by atoms with Crippen molar-refractivity contribution in [2.75, 3.05) is 13.6 Å². The van der Waals surface area contributed by atoms with Crippen LogP contribution >= 0.6 is 22.7 Å². The topological polar surface area (TPSA) is 87.1 Å². The number of hydrogen-bond donors (Lipinski definition) is 2. The third kappa shape index (κ3) is 3.28. The zero-order valence-corrected chi connectivity index (χ0v) is 17.1. The van der Waals surface area contributed by atoms with Gasteiger partial charge in [0.2, 0.25) is 5.60 Å². The molecular weight excluding hydrogens is 398 g/mol. The number of nitrogens with zero attached hydrogens (tertiary/aromatic N) is 1. The maximum atomic E-state index is 13.2. The van der Waals surface area contributed by atoms with Crippen molar-refractivity contribution in [3.8, 4) is 0 Å². The molecule has 4 atom stereocenters. The number of carbonyl (C=O) groups excluding carboxylic acids is 1. The number of thiophene rings is 2. The molecule has 28 heavy (non-hydrogen) atoms. The zero-order chi connectivity index (χ0) is 19.9. The van der Waals surface area contributed by atoms with Crippen molar-refractivity contribution >= 4 is 34.6 Å². The van der Waals surface area contributed by atoms with Gasteiger partial charge in [-0.2, -0.15) is 0 Å². The average Bonchev–Trinajstić information content (AvgIpc) is 3.44. The molecule has 0 radical (unpaired) electrons. The fourth-order valence-corrected chi connectivity index (χ4v) is 6.60. The highest BCUT2D eigenvalue weighted by Gasteiger charge is 2.53. The molecule has 0 saturated heterocycles. The second-order valence-corrected chi connectivity index (χ2v) is 9.54. The van der Waals surface area contributed by atoms with Gasteiger partial charge >= 0.3 is 11.9 Å². The molecule has 2 heterocycles. The zero-order valence-electron chi connectivity index (χ0n) is 15.5. The molecule has 4 unspecified atom stereocenters. The second kappa shape index (κ2) is 7.59. The molecule has 2 aliphatic rings. The first-order chi connectivity index (χ1) is 13.4. The van der Waals surface area contributed by atoms with Gasteiger partial charge in [-0.3, -0.25) is 9.69 Å². The molecule has 2 aromatic rings. The smallest absolute Gasteiger partial charge is 0.349 e. The summed E-state index contributed by atoms with van der Waals surface area (Å²) in [7, 11) is 1.82. The van der Waals surface area contributed by atoms with Crippen LogP contribution in [0, 0.1) is 11.8 Å². The molecule has 0 amide bonds. The van der Waals surface area contributed by atoms with Gasteiger partial charge in [0.05, 0.1) is 16.3 Å². The number of carboxylic acids is 1. The summed E-state index contributed by atoms with van der Waals surface area (Å²) in [5.41, 5.74) is -1.80. The molecular formula is C20H23NO5S2. The number of esters is 1. The summed E-state index contributed by atoms with van der Waals surface area (Å²) in [6.07, 6.45) is 2.36. The lowest BCUT2D eigenvalue weighted by Gasteiger charge is -2.30. The number of aliphatic carboxylic acids is 1. The Hall–Kier alpha value is -1.74. The van der Waals surface area contributed by atoms with Gasteiger partial charge in [0.25, 0.3) is 0 Å². The average molecular weight is 422 g/mol. The Morgan fingerprint density at radius 2 is 1.86 bits per heavy atom. The third-order valence-corrected chi connectivity index (χ3v) is 7.97. The van der Waals surface area contributed by atoms with Gasteiger partial charge in [0.1, 0.15) is 6.10 Å². The molecule has 8 heteroatoms. The van der Waals surface area contributed by atoms with Crippen LogP contribution in [0.3, 0.4) is 0 Å². The van der Waals surface area contributed by atoms with Gasteiger partial charge in [-0.1, -0.05) is 12.1 Å². The predicted octanol–water partition coefficient (Wildman–Crippen LogP) is 2.77. The van der Waals surface area contributed by atoms with Crippen LogP contribution in [0.15, 0.2) is 35.0 Å². The van der Waals surface area contributed by atoms with Crippen LogP contribution in [-0.2, 0) is 19.9 Å². The lowest BCUT2D eigenvalue weighted by molar-refractivity contribution is -0.170. The molecule has 2 aliphatic carbocycles. The van der Waals surface area contributed by atoms with Gasteiger partial charge in [-0.25, -0.2) is 4.79 Å². The monoisotopic (exact) mass is 421 g/mol. The summed E-state index contributed by atoms with van der Waals surface area (Å²) in [6.45, 7) is -0.0212. The molecule has 0 aromatic carbocycles. The van der Waals surface area contributed by atoms with Crippen molar-refractivity contribution in [3.63, 3.8) is 0 Å². The van der Waals surface area contributed by atoms with E-state index in [4.69, 9.17) is 9.84 Å². The molecule has 150 valence electrons. The van der Waals surface area contributed by atoms with E-state index >= 15 is 0 Å². The van der Waals surface area contributed by atoms with E-state index in [0.29, 0.717) is 15.7 Å². The van der Waals surface area contributed by atoms with Gasteiger partial charge in [-0.15, -0.1) is 22.7 Å². The largest absolute Gasteiger partial charge is 0.480 e. The Kier molecular flexibility index (Phi) is 5.30. The second-order valence-electron chi connectivity index (χ2n) is 7.65. The predicted molar refractivity (Wildman–Crippen MR) is 106 cm³/mol. The van der Waals surface area contributed by atoms with Crippen LogP contribution in [0.25, 0.3) is 0 Å². The lowest BCUT2D eigenvalue weighted by Crippen LogP contribution is -2.43. The van der Waals surface area contributed by atoms with E-state index < -0.39 is 17.5 Å². The molecule has 0 spiro atoms. The summed E-state index contributed by atoms with van der Waals surface area (Å²) in [5, 5.41) is 24.1. The highest BCUT2D eigenvalue weighted by Crippen LogP contribution is 2.49. The minimum atomic E-state index is -1.80. The summed E-state index contributed by atoms with van der Waals surface area (Å²) < 4.78 is 5.89. The van der Waals surface area contributed by atoms with Crippen LogP contribution in [0.2, 0.25) is 0 Å². The summed E-state index contributed by atoms with van der Waals surface area (Å²) in [5.74, 6) is -1.07. The van der Waals surface area contributed by atoms with Gasteiger partial charge in [0.15, 0.2) is 0 Å². The first kappa shape index (κ1) is 19.6. The summed E-state index contributed by atoms with van der Waals surface area (Å²) >= 11 is 2.65. The lowest BCUT2D eigenvalue weighted by atomic mass is 9.96. The number of ether oxygens (including phenoxy) is 1. The first-order valence-electron chi connectivity index (χ1n) is 9.34. The van der Waals surface area contributed by atoms with E-state index in [1.807, 2.05) is 22.7 Å². The highest BCUT2D eigenvalue weighted by atomic mass is 32.1. The van der Waals surface area contributed by atoms with E-state index in [9.17, 15) is 14.7 Å². The summed E-state index contributed by atoms with van der Waals surface area (Å²) in [4.78, 5) is 27.2. The van der Waals surface area contributed by atoms with Gasteiger partial charge in [0, 0.05) is 12.0 Å². The summed E-state index contributed by atoms with van der Waals surface area (Å²) in [6, 6.07) is 7.21. The van der Waals surface area contributed by atoms with Crippen LogP contribution in [-0.4, -0.2) is 52.8 Å². The fourth-order valence-electron chi connectivity index (χ4n) is 4.89. The highest BCUT2D eigenvalue weighted by molar-refractivity contribution is 7.12. The van der Waals surface area contributed by atoms with E-state index in [-0.39, 0.29) is 24.6 Å². The Morgan fingerprint density at radius 3 is 2.39 bits per heavy atom. The SMILES string of the molecule is CN(CC(=O)O)C1C2CCC1C(OC(=O)C(O)(c1cccs1)c1cccs1)C2. The van der Waals surface area contributed by atoms with Crippen molar-refractivity contribution in [1.29, 1.82) is 0 Å². The Morgan fingerprint density at radius 1 is 1.21 bits per heavy atom. The molecule has 2 aromatic heterocycles. The van der Waals surface area contributed by atoms with E-state index in [2.05, 4.69) is 0 Å². The van der Waals surface area contributed by atoms with Crippen LogP contribution in [0.5, 0.6) is 0 Å². The number of fused-ring (bicyclic) bond motifs is 2. The molecule has 2 fully saturated rings. The fraction of sp³-hybridized carbons (Fsp3) is 0.500. The van der Waals surface area contributed by atoms with Gasteiger partial charge < -0.3 is 14.9 Å². The first-order valence-corrected chi connectivity index (χ1v) is 11.1. The standard InChI is InChI=1S/C20H23NO5S2/c1-21(11-17(22)23)18-12-6-7-13(18)14(10-12)26-19(24)20(25,15-4-2-8-27-15)16-5-3-9-28-16/h2-5,8-9,12-14,18,25H,6-7,10-11H2,1H3,(H,22,23). The van der Waals surface area contributed by atoms with Crippen LogP contribution in [0.1, 0.15) is 29.0 Å². The van der Waals surface area contributed by atoms with Crippen molar-refractivity contribution in [2.45, 2.75) is 37.0 Å². The minimum absolute atomic E-state index is 0.0212. The molecule has 4 rings (SSSR count). The van der Waals surface area contributed by atoms with Gasteiger partial charge in [-0.05, 0) is 55.1 Å². The van der Waals surface area contributed by atoms with E-state index in [1.165, 1.54) is 22.7 Å².